The molecule has 6 heterocycles. The number of piperidine rings is 1. The number of aliphatic hydroxyl groups is 1. The smallest absolute Gasteiger partial charge is 0.251 e. The first kappa shape index (κ1) is 22.0. The van der Waals surface area contributed by atoms with E-state index in [1.165, 1.54) is 11.6 Å². The zero-order valence-electron chi connectivity index (χ0n) is 19.0. The molecule has 9 heteroatoms. The molecule has 3 aliphatic rings. The van der Waals surface area contributed by atoms with Crippen LogP contribution in [0.5, 0.6) is 5.75 Å². The Labute approximate surface area is 202 Å². The van der Waals surface area contributed by atoms with E-state index in [-0.39, 0.29) is 12.1 Å². The van der Waals surface area contributed by atoms with Crippen LogP contribution in [0.2, 0.25) is 5.02 Å². The molecule has 3 aromatic rings. The lowest BCUT2D eigenvalue weighted by molar-refractivity contribution is -0.0135. The molecule has 0 bridgehead atoms. The number of aryl methyl sites for hydroxylation is 1. The van der Waals surface area contributed by atoms with Crippen LogP contribution in [0.15, 0.2) is 35.4 Å². The van der Waals surface area contributed by atoms with E-state index in [4.69, 9.17) is 16.3 Å². The van der Waals surface area contributed by atoms with Crippen molar-refractivity contribution in [3.8, 4) is 5.75 Å². The van der Waals surface area contributed by atoms with Gasteiger partial charge in [-0.3, -0.25) is 19.7 Å². The Kier molecular flexibility index (Phi) is 5.56. The van der Waals surface area contributed by atoms with Gasteiger partial charge in [0.05, 0.1) is 41.1 Å². The summed E-state index contributed by atoms with van der Waals surface area (Å²) in [4.78, 5) is 23.6. The Morgan fingerprint density at radius 2 is 2.09 bits per heavy atom. The molecule has 1 atom stereocenters. The highest BCUT2D eigenvalue weighted by Gasteiger charge is 2.42. The van der Waals surface area contributed by atoms with Crippen LogP contribution in [-0.4, -0.2) is 56.8 Å². The molecule has 0 radical (unpaired) electrons. The molecule has 0 unspecified atom stereocenters. The molecule has 1 saturated heterocycles. The number of likely N-dealkylation sites (tertiary alicyclic amines) is 1. The van der Waals surface area contributed by atoms with Crippen molar-refractivity contribution in [2.75, 3.05) is 26.2 Å². The van der Waals surface area contributed by atoms with Gasteiger partial charge in [0, 0.05) is 37.0 Å². The molecule has 3 aliphatic heterocycles. The summed E-state index contributed by atoms with van der Waals surface area (Å²) in [5, 5.41) is 15.7. The fourth-order valence-electron chi connectivity index (χ4n) is 5.62. The summed E-state index contributed by atoms with van der Waals surface area (Å²) in [6.45, 7) is 3.89. The maximum atomic E-state index is 12.4. The highest BCUT2D eigenvalue weighted by molar-refractivity contribution is 6.32. The van der Waals surface area contributed by atoms with Crippen LogP contribution in [0.3, 0.4) is 0 Å². The van der Waals surface area contributed by atoms with Gasteiger partial charge in [0.1, 0.15) is 11.4 Å². The summed E-state index contributed by atoms with van der Waals surface area (Å²) in [6, 6.07) is 5.76. The number of nitrogens with one attached hydrogen (secondary N) is 1. The van der Waals surface area contributed by atoms with E-state index in [1.54, 1.807) is 16.8 Å². The van der Waals surface area contributed by atoms with Crippen LogP contribution in [0, 0.1) is 0 Å². The number of ether oxygens (including phenoxy) is 1. The zero-order valence-corrected chi connectivity index (χ0v) is 19.7. The topological polar surface area (TPSA) is 92.5 Å². The molecule has 0 amide bonds. The van der Waals surface area contributed by atoms with Gasteiger partial charge in [0.2, 0.25) is 0 Å². The lowest BCUT2D eigenvalue weighted by atomic mass is 9.94. The van der Waals surface area contributed by atoms with Crippen molar-refractivity contribution in [2.24, 2.45) is 0 Å². The van der Waals surface area contributed by atoms with Gasteiger partial charge in [-0.05, 0) is 56.5 Å². The van der Waals surface area contributed by atoms with Crippen LogP contribution in [0.25, 0.3) is 11.0 Å². The maximum absolute atomic E-state index is 12.4. The average Bonchev–Trinajstić information content (AvgIpc) is 3.17. The number of pyridine rings is 3. The summed E-state index contributed by atoms with van der Waals surface area (Å²) < 4.78 is 7.27. The minimum absolute atomic E-state index is 0.140. The van der Waals surface area contributed by atoms with Crippen LogP contribution < -0.4 is 15.6 Å². The van der Waals surface area contributed by atoms with E-state index in [1.807, 2.05) is 6.20 Å². The van der Waals surface area contributed by atoms with Crippen LogP contribution in [0.1, 0.15) is 36.1 Å². The van der Waals surface area contributed by atoms with Crippen LogP contribution in [-0.2, 0) is 25.1 Å². The van der Waals surface area contributed by atoms with E-state index in [0.29, 0.717) is 34.2 Å². The van der Waals surface area contributed by atoms with Crippen molar-refractivity contribution in [3.05, 3.63) is 62.8 Å². The highest BCUT2D eigenvalue weighted by Crippen LogP contribution is 2.40. The predicted molar refractivity (Wildman–Crippen MR) is 129 cm³/mol. The summed E-state index contributed by atoms with van der Waals surface area (Å²) in [7, 11) is 0. The average molecular weight is 482 g/mol. The molecule has 34 heavy (non-hydrogen) atoms. The molecule has 8 nitrogen and oxygen atoms in total. The van der Waals surface area contributed by atoms with Gasteiger partial charge in [-0.1, -0.05) is 11.6 Å². The molecule has 0 aliphatic carbocycles. The highest BCUT2D eigenvalue weighted by atomic mass is 35.5. The lowest BCUT2D eigenvalue weighted by Crippen LogP contribution is -2.48. The van der Waals surface area contributed by atoms with Crippen molar-refractivity contribution < 1.29 is 9.84 Å². The molecule has 2 N–H and O–H groups in total. The Morgan fingerprint density at radius 1 is 1.24 bits per heavy atom. The Hall–Kier alpha value is -2.52. The number of rotatable bonds is 5. The predicted octanol–water partition coefficient (Wildman–Crippen LogP) is 2.23. The van der Waals surface area contributed by atoms with Crippen molar-refractivity contribution in [1.29, 1.82) is 0 Å². The molecule has 0 spiro atoms. The molecular formula is C25H28ClN5O3. The van der Waals surface area contributed by atoms with Gasteiger partial charge in [0.15, 0.2) is 0 Å². The molecule has 6 rings (SSSR count). The Morgan fingerprint density at radius 3 is 2.94 bits per heavy atom. The van der Waals surface area contributed by atoms with E-state index in [2.05, 4.69) is 26.3 Å². The quantitative estimate of drug-likeness (QED) is 0.577. The number of hydrogen-bond donors (Lipinski definition) is 2. The third-order valence-electron chi connectivity index (χ3n) is 7.34. The van der Waals surface area contributed by atoms with E-state index in [9.17, 15) is 9.90 Å². The number of halogens is 1. The standard InChI is InChI=1S/C25H28ClN5O3/c26-19-12-29-20-3-4-22(32)31-15-25(33,23(19)24(20)31)14-30-7-5-17(6-8-30)27-11-18-10-16-2-1-9-34-21(16)13-28-18/h3-4,10,12-13,17,27,33H,1-2,5-9,11,14-15H2/t25-/m0/s1. The number of fused-ring (bicyclic) bond motifs is 1. The second-order valence-electron chi connectivity index (χ2n) is 9.67. The van der Waals surface area contributed by atoms with Gasteiger partial charge in [-0.2, -0.15) is 0 Å². The molecule has 3 aromatic heterocycles. The molecule has 1 fully saturated rings. The SMILES string of the molecule is O=c1ccc2ncc(Cl)c3c2n1C[C@@]3(O)CN1CCC(NCc2cc3c(cn2)OCCC3)CC1. The summed E-state index contributed by atoms with van der Waals surface area (Å²) in [6.07, 6.45) is 7.50. The van der Waals surface area contributed by atoms with Gasteiger partial charge < -0.3 is 19.7 Å². The van der Waals surface area contributed by atoms with E-state index >= 15 is 0 Å². The fraction of sp³-hybridized carbons (Fsp3) is 0.480. The third kappa shape index (κ3) is 3.88. The third-order valence-corrected chi connectivity index (χ3v) is 7.62. The molecule has 0 aromatic carbocycles. The molecule has 0 saturated carbocycles. The van der Waals surface area contributed by atoms with Crippen molar-refractivity contribution in [2.45, 2.75) is 50.4 Å². The van der Waals surface area contributed by atoms with Crippen LogP contribution >= 0.6 is 11.6 Å². The maximum Gasteiger partial charge on any atom is 0.251 e. The monoisotopic (exact) mass is 481 g/mol. The first-order valence-electron chi connectivity index (χ1n) is 12.0. The Bertz CT molecular complexity index is 1300. The van der Waals surface area contributed by atoms with Gasteiger partial charge in [0.25, 0.3) is 5.56 Å². The number of aromatic nitrogens is 3. The second kappa shape index (κ2) is 8.61. The van der Waals surface area contributed by atoms with Crippen molar-refractivity contribution in [1.82, 2.24) is 24.8 Å². The van der Waals surface area contributed by atoms with E-state index < -0.39 is 5.60 Å². The number of nitrogens with zero attached hydrogens (tertiary/aromatic N) is 4. The number of hydrogen-bond acceptors (Lipinski definition) is 7. The normalized spacial score (nSPS) is 22.6. The van der Waals surface area contributed by atoms with Crippen LogP contribution in [0.4, 0.5) is 0 Å². The molecule has 178 valence electrons. The van der Waals surface area contributed by atoms with E-state index in [0.717, 1.165) is 63.4 Å². The summed E-state index contributed by atoms with van der Waals surface area (Å²) >= 11 is 6.48. The summed E-state index contributed by atoms with van der Waals surface area (Å²) in [5.74, 6) is 0.921. The number of β-amino-alcohol motifs (C(OH)–C–C–N with tert-alkyl or cyclic N) is 1. The van der Waals surface area contributed by atoms with Crippen molar-refractivity contribution >= 4 is 22.6 Å². The summed E-state index contributed by atoms with van der Waals surface area (Å²) in [5.41, 5.74) is 2.91. The van der Waals surface area contributed by atoms with Crippen molar-refractivity contribution in [3.63, 3.8) is 0 Å². The lowest BCUT2D eigenvalue weighted by Gasteiger charge is -2.37. The van der Waals surface area contributed by atoms with Gasteiger partial charge in [-0.25, -0.2) is 0 Å². The second-order valence-corrected chi connectivity index (χ2v) is 10.1. The fourth-order valence-corrected chi connectivity index (χ4v) is 5.94. The first-order valence-corrected chi connectivity index (χ1v) is 12.4. The minimum atomic E-state index is -1.21. The zero-order chi connectivity index (χ0) is 23.3. The Balaban J connectivity index is 1.09. The van der Waals surface area contributed by atoms with Gasteiger partial charge >= 0.3 is 0 Å². The van der Waals surface area contributed by atoms with Gasteiger partial charge in [-0.15, -0.1) is 0 Å². The minimum Gasteiger partial charge on any atom is -0.492 e. The first-order chi connectivity index (χ1) is 16.5. The molecular weight excluding hydrogens is 454 g/mol. The largest absolute Gasteiger partial charge is 0.492 e.